The van der Waals surface area contributed by atoms with Gasteiger partial charge in [-0.15, -0.1) is 0 Å². The van der Waals surface area contributed by atoms with E-state index in [4.69, 9.17) is 28.3 Å². The summed E-state index contributed by atoms with van der Waals surface area (Å²) in [5.41, 5.74) is -0.365. The maximum absolute atomic E-state index is 13.3. The second-order valence-corrected chi connectivity index (χ2v) is 5.02. The van der Waals surface area contributed by atoms with Crippen LogP contribution in [0.5, 0.6) is 0 Å². The predicted octanol–water partition coefficient (Wildman–Crippen LogP) is 3.88. The number of aliphatic carboxylic acids is 1. The molecule has 5 heteroatoms. The lowest BCUT2D eigenvalue weighted by atomic mass is 9.81. The van der Waals surface area contributed by atoms with Gasteiger partial charge in [-0.05, 0) is 17.7 Å². The normalized spacial score (nSPS) is 11.6. The fourth-order valence-corrected chi connectivity index (χ4v) is 2.09. The summed E-state index contributed by atoms with van der Waals surface area (Å²) in [6, 6.07) is 2.60. The molecule has 0 spiro atoms. The number of carbonyl (C=O) groups is 1. The Labute approximate surface area is 103 Å². The minimum absolute atomic E-state index is 0.0735. The third-order valence-electron chi connectivity index (χ3n) is 2.32. The van der Waals surface area contributed by atoms with Gasteiger partial charge >= 0.3 is 5.97 Å². The Kier molecular flexibility index (Phi) is 3.81. The lowest BCUT2D eigenvalue weighted by Crippen LogP contribution is -2.22. The summed E-state index contributed by atoms with van der Waals surface area (Å²) in [4.78, 5) is 10.7. The molecule has 0 aliphatic rings. The van der Waals surface area contributed by atoms with Gasteiger partial charge in [0.2, 0.25) is 0 Å². The molecular formula is C11H11Cl2FO2. The molecule has 0 radical (unpaired) electrons. The van der Waals surface area contributed by atoms with Gasteiger partial charge in [-0.2, -0.15) is 0 Å². The Hall–Kier alpha value is -0.800. The molecule has 1 N–H and O–H groups in total. The molecule has 0 atom stereocenters. The minimum Gasteiger partial charge on any atom is -0.481 e. The molecule has 88 valence electrons. The van der Waals surface area contributed by atoms with Crippen LogP contribution in [0.2, 0.25) is 10.0 Å². The highest BCUT2D eigenvalue weighted by Gasteiger charge is 2.28. The molecule has 0 bridgehead atoms. The summed E-state index contributed by atoms with van der Waals surface area (Å²) in [6.07, 6.45) is -0.146. The molecule has 0 saturated heterocycles. The van der Waals surface area contributed by atoms with E-state index < -0.39 is 17.2 Å². The van der Waals surface area contributed by atoms with Crippen molar-refractivity contribution in [2.24, 2.45) is 0 Å². The molecule has 0 amide bonds. The molecule has 2 nitrogen and oxygen atoms in total. The third kappa shape index (κ3) is 2.86. The zero-order valence-electron chi connectivity index (χ0n) is 8.85. The Bertz CT molecular complexity index is 430. The molecule has 0 unspecified atom stereocenters. The number of carboxylic acid groups (broad SMARTS) is 1. The first-order valence-electron chi connectivity index (χ1n) is 4.61. The van der Waals surface area contributed by atoms with Crippen LogP contribution in [0.3, 0.4) is 0 Å². The minimum atomic E-state index is -0.971. The molecule has 0 aliphatic heterocycles. The van der Waals surface area contributed by atoms with Gasteiger partial charge in [0.05, 0.1) is 11.4 Å². The number of hydrogen-bond acceptors (Lipinski definition) is 1. The van der Waals surface area contributed by atoms with Gasteiger partial charge in [0.25, 0.3) is 0 Å². The molecule has 0 fully saturated rings. The second-order valence-electron chi connectivity index (χ2n) is 4.20. The third-order valence-corrected chi connectivity index (χ3v) is 2.92. The van der Waals surface area contributed by atoms with Gasteiger partial charge in [0.15, 0.2) is 0 Å². The molecule has 1 rings (SSSR count). The fraction of sp³-hybridized carbons (Fsp3) is 0.364. The van der Waals surface area contributed by atoms with Crippen LogP contribution in [0.15, 0.2) is 12.1 Å². The standard InChI is InChI=1S/C11H11Cl2FO2/c1-11(2,5-9(15)16)7-3-6(12)4-8(14)10(7)13/h3-4H,5H2,1-2H3,(H,15,16). The van der Waals surface area contributed by atoms with Crippen molar-refractivity contribution in [3.63, 3.8) is 0 Å². The van der Waals surface area contributed by atoms with Crippen LogP contribution in [0.25, 0.3) is 0 Å². The smallest absolute Gasteiger partial charge is 0.304 e. The fourth-order valence-electron chi connectivity index (χ4n) is 1.52. The largest absolute Gasteiger partial charge is 0.481 e. The monoisotopic (exact) mass is 264 g/mol. The van der Waals surface area contributed by atoms with E-state index in [1.807, 2.05) is 0 Å². The van der Waals surface area contributed by atoms with Gasteiger partial charge < -0.3 is 5.11 Å². The maximum atomic E-state index is 13.3. The van der Waals surface area contributed by atoms with Crippen molar-refractivity contribution in [3.05, 3.63) is 33.6 Å². The molecule has 1 aromatic carbocycles. The molecule has 0 aliphatic carbocycles. The average molecular weight is 265 g/mol. The molecule has 1 aromatic rings. The Morgan fingerprint density at radius 1 is 1.44 bits per heavy atom. The highest BCUT2D eigenvalue weighted by Crippen LogP contribution is 2.36. The Morgan fingerprint density at radius 2 is 2.00 bits per heavy atom. The van der Waals surface area contributed by atoms with Crippen LogP contribution in [0, 0.1) is 5.82 Å². The summed E-state index contributed by atoms with van der Waals surface area (Å²) >= 11 is 11.5. The Morgan fingerprint density at radius 3 is 2.50 bits per heavy atom. The lowest BCUT2D eigenvalue weighted by Gasteiger charge is -2.24. The summed E-state index contributed by atoms with van der Waals surface area (Å²) in [6.45, 7) is 3.36. The van der Waals surface area contributed by atoms with Gasteiger partial charge in [-0.3, -0.25) is 4.79 Å². The summed E-state index contributed by atoms with van der Waals surface area (Å²) in [7, 11) is 0. The molecule has 16 heavy (non-hydrogen) atoms. The van der Waals surface area contributed by atoms with Crippen LogP contribution in [0.1, 0.15) is 25.8 Å². The van der Waals surface area contributed by atoms with Gasteiger partial charge in [0, 0.05) is 10.4 Å². The van der Waals surface area contributed by atoms with Crippen LogP contribution in [-0.2, 0) is 10.2 Å². The van der Waals surface area contributed by atoms with Crippen molar-refractivity contribution in [1.29, 1.82) is 0 Å². The number of hydrogen-bond donors (Lipinski definition) is 1. The van der Waals surface area contributed by atoms with E-state index in [1.54, 1.807) is 13.8 Å². The maximum Gasteiger partial charge on any atom is 0.304 e. The zero-order chi connectivity index (χ0) is 12.5. The topological polar surface area (TPSA) is 37.3 Å². The van der Waals surface area contributed by atoms with E-state index in [0.717, 1.165) is 6.07 Å². The van der Waals surface area contributed by atoms with Crippen molar-refractivity contribution in [3.8, 4) is 0 Å². The van der Waals surface area contributed by atoms with Gasteiger partial charge in [0.1, 0.15) is 5.82 Å². The summed E-state index contributed by atoms with van der Waals surface area (Å²) in [5, 5.41) is 8.90. The van der Waals surface area contributed by atoms with E-state index in [9.17, 15) is 9.18 Å². The van der Waals surface area contributed by atoms with E-state index in [2.05, 4.69) is 0 Å². The van der Waals surface area contributed by atoms with Crippen molar-refractivity contribution in [2.75, 3.05) is 0 Å². The van der Waals surface area contributed by atoms with Crippen LogP contribution < -0.4 is 0 Å². The zero-order valence-corrected chi connectivity index (χ0v) is 10.4. The van der Waals surface area contributed by atoms with Crippen molar-refractivity contribution in [1.82, 2.24) is 0 Å². The second kappa shape index (κ2) is 4.60. The predicted molar refractivity (Wildman–Crippen MR) is 61.7 cm³/mol. The van der Waals surface area contributed by atoms with E-state index >= 15 is 0 Å². The van der Waals surface area contributed by atoms with E-state index in [-0.39, 0.29) is 16.5 Å². The van der Waals surface area contributed by atoms with Crippen molar-refractivity contribution >= 4 is 29.2 Å². The van der Waals surface area contributed by atoms with Crippen LogP contribution >= 0.6 is 23.2 Å². The van der Waals surface area contributed by atoms with Crippen molar-refractivity contribution < 1.29 is 14.3 Å². The average Bonchev–Trinajstić information content (AvgIpc) is 2.08. The summed E-state index contributed by atoms with van der Waals surface area (Å²) in [5.74, 6) is -1.61. The summed E-state index contributed by atoms with van der Waals surface area (Å²) < 4.78 is 13.3. The first-order chi connectivity index (χ1) is 7.24. The first-order valence-corrected chi connectivity index (χ1v) is 5.36. The van der Waals surface area contributed by atoms with Gasteiger partial charge in [-0.25, -0.2) is 4.39 Å². The van der Waals surface area contributed by atoms with Crippen LogP contribution in [-0.4, -0.2) is 11.1 Å². The Balaban J connectivity index is 3.26. The van der Waals surface area contributed by atoms with Gasteiger partial charge in [-0.1, -0.05) is 37.0 Å². The number of benzene rings is 1. The quantitative estimate of drug-likeness (QED) is 0.842. The van der Waals surface area contributed by atoms with E-state index in [1.165, 1.54) is 6.07 Å². The first kappa shape index (κ1) is 13.3. The molecule has 0 aromatic heterocycles. The SMILES string of the molecule is CC(C)(CC(=O)O)c1cc(Cl)cc(F)c1Cl. The van der Waals surface area contributed by atoms with E-state index in [0.29, 0.717) is 5.56 Å². The number of halogens is 3. The number of rotatable bonds is 3. The molecular weight excluding hydrogens is 254 g/mol. The molecule has 0 heterocycles. The van der Waals surface area contributed by atoms with Crippen molar-refractivity contribution in [2.45, 2.75) is 25.7 Å². The highest BCUT2D eigenvalue weighted by atomic mass is 35.5. The molecule has 0 saturated carbocycles. The van der Waals surface area contributed by atoms with Crippen LogP contribution in [0.4, 0.5) is 4.39 Å². The highest BCUT2D eigenvalue weighted by molar-refractivity contribution is 6.33. The lowest BCUT2D eigenvalue weighted by molar-refractivity contribution is -0.138. The number of carboxylic acids is 1.